The number of sulfonamides is 1. The van der Waals surface area contributed by atoms with Gasteiger partial charge in [-0.15, -0.1) is 0 Å². The number of nitrogens with zero attached hydrogens (tertiary/aromatic N) is 2. The van der Waals surface area contributed by atoms with Gasteiger partial charge in [-0.1, -0.05) is 66.2 Å². The van der Waals surface area contributed by atoms with Crippen molar-refractivity contribution in [3.05, 3.63) is 105 Å². The fourth-order valence-corrected chi connectivity index (χ4v) is 4.37. The summed E-state index contributed by atoms with van der Waals surface area (Å²) in [5.41, 5.74) is 3.09. The Balaban J connectivity index is 1.94. The molecule has 0 unspecified atom stereocenters. The predicted octanol–water partition coefficient (Wildman–Crippen LogP) is 3.88. The van der Waals surface area contributed by atoms with Crippen LogP contribution in [-0.2, 0) is 14.8 Å². The van der Waals surface area contributed by atoms with Crippen LogP contribution < -0.4 is 9.62 Å². The van der Waals surface area contributed by atoms with Gasteiger partial charge < -0.3 is 5.32 Å². The number of aryl methyl sites for hydroxylation is 2. The van der Waals surface area contributed by atoms with Gasteiger partial charge in [0.1, 0.15) is 6.54 Å². The maximum atomic E-state index is 13.1. The van der Waals surface area contributed by atoms with Crippen LogP contribution in [-0.4, -0.2) is 32.0 Å². The maximum Gasteiger partial charge on any atom is 0.271 e. The quantitative estimate of drug-likeness (QED) is 0.399. The molecule has 33 heavy (non-hydrogen) atoms. The van der Waals surface area contributed by atoms with E-state index in [-0.39, 0.29) is 11.4 Å². The lowest BCUT2D eigenvalue weighted by molar-refractivity contribution is -0.384. The van der Waals surface area contributed by atoms with Gasteiger partial charge in [0.25, 0.3) is 5.69 Å². The van der Waals surface area contributed by atoms with E-state index in [0.29, 0.717) is 5.56 Å². The fraction of sp³-hybridized carbons (Fsp3) is 0.208. The number of rotatable bonds is 8. The number of non-ortho nitro benzene ring substituents is 1. The zero-order valence-electron chi connectivity index (χ0n) is 18.6. The van der Waals surface area contributed by atoms with E-state index in [2.05, 4.69) is 5.32 Å². The summed E-state index contributed by atoms with van der Waals surface area (Å²) in [5, 5.41) is 14.1. The molecule has 0 aromatic heterocycles. The van der Waals surface area contributed by atoms with Crippen LogP contribution in [0, 0.1) is 24.0 Å². The zero-order valence-corrected chi connectivity index (χ0v) is 19.4. The summed E-state index contributed by atoms with van der Waals surface area (Å²) in [5.74, 6) is -0.541. The molecule has 0 fully saturated rings. The van der Waals surface area contributed by atoms with Crippen LogP contribution in [0.15, 0.2) is 72.8 Å². The summed E-state index contributed by atoms with van der Waals surface area (Å²) in [7, 11) is -3.90. The maximum absolute atomic E-state index is 13.1. The molecule has 3 aromatic carbocycles. The number of nitro groups is 1. The van der Waals surface area contributed by atoms with E-state index in [1.165, 1.54) is 12.1 Å². The molecule has 0 bridgehead atoms. The van der Waals surface area contributed by atoms with Crippen molar-refractivity contribution in [3.63, 3.8) is 0 Å². The van der Waals surface area contributed by atoms with Crippen molar-refractivity contribution in [1.82, 2.24) is 5.32 Å². The molecule has 1 atom stereocenters. The van der Waals surface area contributed by atoms with Crippen LogP contribution in [0.1, 0.15) is 28.3 Å². The highest BCUT2D eigenvalue weighted by molar-refractivity contribution is 7.92. The molecule has 8 nitrogen and oxygen atoms in total. The molecule has 0 saturated heterocycles. The zero-order chi connectivity index (χ0) is 24.2. The number of carbonyl (C=O) groups is 1. The van der Waals surface area contributed by atoms with E-state index in [1.54, 1.807) is 6.92 Å². The third-order valence-electron chi connectivity index (χ3n) is 5.21. The molecule has 172 valence electrons. The number of benzene rings is 3. The third-order valence-corrected chi connectivity index (χ3v) is 6.34. The van der Waals surface area contributed by atoms with Crippen LogP contribution in [0.2, 0.25) is 0 Å². The molecule has 1 N–H and O–H groups in total. The summed E-state index contributed by atoms with van der Waals surface area (Å²) < 4.78 is 26.0. The standard InChI is InChI=1S/C24H25N3O5S/c1-17-9-12-20(13-10-17)24(19-7-5-4-6-8-19)25-23(28)16-26(33(3,31)32)22-15-21(27(29)30)14-11-18(22)2/h4-15,24H,16H2,1-3H3,(H,25,28)/t24-/m1/s1. The second-order valence-electron chi connectivity index (χ2n) is 7.82. The molecular formula is C24H25N3O5S. The van der Waals surface area contributed by atoms with Crippen LogP contribution in [0.4, 0.5) is 11.4 Å². The van der Waals surface area contributed by atoms with Gasteiger partial charge in [-0.25, -0.2) is 8.42 Å². The first-order chi connectivity index (χ1) is 15.6. The van der Waals surface area contributed by atoms with E-state index in [1.807, 2.05) is 61.5 Å². The Labute approximate surface area is 193 Å². The minimum absolute atomic E-state index is 0.0912. The largest absolute Gasteiger partial charge is 0.344 e. The SMILES string of the molecule is Cc1ccc([C@H](NC(=O)CN(c2cc([N+](=O)[O-])ccc2C)S(C)(=O)=O)c2ccccc2)cc1. The molecule has 9 heteroatoms. The first-order valence-electron chi connectivity index (χ1n) is 10.2. The van der Waals surface area contributed by atoms with Crippen molar-refractivity contribution in [1.29, 1.82) is 0 Å². The van der Waals surface area contributed by atoms with Crippen LogP contribution >= 0.6 is 0 Å². The van der Waals surface area contributed by atoms with E-state index in [9.17, 15) is 23.3 Å². The molecule has 0 aliphatic rings. The molecule has 0 aliphatic carbocycles. The highest BCUT2D eigenvalue weighted by Crippen LogP contribution is 2.28. The smallest absolute Gasteiger partial charge is 0.271 e. The Morgan fingerprint density at radius 2 is 1.61 bits per heavy atom. The van der Waals surface area contributed by atoms with Crippen molar-refractivity contribution in [2.24, 2.45) is 0 Å². The summed E-state index contributed by atoms with van der Waals surface area (Å²) in [4.78, 5) is 23.7. The summed E-state index contributed by atoms with van der Waals surface area (Å²) in [6.45, 7) is 3.08. The fourth-order valence-electron chi connectivity index (χ4n) is 3.46. The minimum atomic E-state index is -3.90. The summed E-state index contributed by atoms with van der Waals surface area (Å²) in [6, 6.07) is 20.5. The first-order valence-corrected chi connectivity index (χ1v) is 12.0. The van der Waals surface area contributed by atoms with Crippen LogP contribution in [0.5, 0.6) is 0 Å². The van der Waals surface area contributed by atoms with E-state index >= 15 is 0 Å². The number of carbonyl (C=O) groups excluding carboxylic acids is 1. The van der Waals surface area contributed by atoms with E-state index in [0.717, 1.165) is 33.3 Å². The minimum Gasteiger partial charge on any atom is -0.344 e. The van der Waals surface area contributed by atoms with Crippen LogP contribution in [0.25, 0.3) is 0 Å². The Morgan fingerprint density at radius 3 is 2.18 bits per heavy atom. The molecule has 0 heterocycles. The lowest BCUT2D eigenvalue weighted by Gasteiger charge is -2.26. The normalized spacial score (nSPS) is 12.1. The number of hydrogen-bond donors (Lipinski definition) is 1. The molecule has 1 amide bonds. The van der Waals surface area contributed by atoms with Gasteiger partial charge in [-0.3, -0.25) is 19.2 Å². The number of hydrogen-bond acceptors (Lipinski definition) is 5. The van der Waals surface area contributed by atoms with Crippen molar-refractivity contribution < 1.29 is 18.1 Å². The lowest BCUT2D eigenvalue weighted by Crippen LogP contribution is -2.42. The van der Waals surface area contributed by atoms with Gasteiger partial charge in [0, 0.05) is 12.1 Å². The predicted molar refractivity (Wildman–Crippen MR) is 128 cm³/mol. The van der Waals surface area contributed by atoms with Gasteiger partial charge in [0.15, 0.2) is 0 Å². The average molecular weight is 468 g/mol. The Hall–Kier alpha value is -3.72. The Morgan fingerprint density at radius 1 is 1.00 bits per heavy atom. The second-order valence-corrected chi connectivity index (χ2v) is 9.73. The van der Waals surface area contributed by atoms with Crippen molar-refractivity contribution in [2.75, 3.05) is 17.1 Å². The van der Waals surface area contributed by atoms with Gasteiger partial charge in [0.05, 0.1) is 22.9 Å². The van der Waals surface area contributed by atoms with Crippen molar-refractivity contribution in [2.45, 2.75) is 19.9 Å². The summed E-state index contributed by atoms with van der Waals surface area (Å²) in [6.07, 6.45) is 0.965. The van der Waals surface area contributed by atoms with Gasteiger partial charge in [-0.05, 0) is 30.5 Å². The van der Waals surface area contributed by atoms with Crippen molar-refractivity contribution >= 4 is 27.3 Å². The first kappa shape index (κ1) is 23.9. The Kier molecular flexibility index (Phi) is 7.13. The van der Waals surface area contributed by atoms with Gasteiger partial charge >= 0.3 is 0 Å². The third kappa shape index (κ3) is 5.95. The average Bonchev–Trinajstić information content (AvgIpc) is 2.77. The van der Waals surface area contributed by atoms with Crippen LogP contribution in [0.3, 0.4) is 0 Å². The molecule has 0 saturated carbocycles. The molecule has 3 aromatic rings. The van der Waals surface area contributed by atoms with E-state index < -0.39 is 33.4 Å². The molecule has 0 aliphatic heterocycles. The molecule has 3 rings (SSSR count). The number of nitro benzene ring substituents is 1. The topological polar surface area (TPSA) is 110 Å². The number of anilines is 1. The second kappa shape index (κ2) is 9.83. The highest BCUT2D eigenvalue weighted by atomic mass is 32.2. The molecule has 0 spiro atoms. The van der Waals surface area contributed by atoms with Gasteiger partial charge in [0.2, 0.25) is 15.9 Å². The number of nitrogens with one attached hydrogen (secondary N) is 1. The Bertz CT molecular complexity index is 1260. The van der Waals surface area contributed by atoms with E-state index in [4.69, 9.17) is 0 Å². The number of amides is 1. The molecule has 0 radical (unpaired) electrons. The van der Waals surface area contributed by atoms with Gasteiger partial charge in [-0.2, -0.15) is 0 Å². The monoisotopic (exact) mass is 467 g/mol. The summed E-state index contributed by atoms with van der Waals surface area (Å²) >= 11 is 0. The lowest BCUT2D eigenvalue weighted by atomic mass is 9.98. The highest BCUT2D eigenvalue weighted by Gasteiger charge is 2.26. The molecular weight excluding hydrogens is 442 g/mol. The van der Waals surface area contributed by atoms with Crippen molar-refractivity contribution in [3.8, 4) is 0 Å².